The Labute approximate surface area is 106 Å². The van der Waals surface area contributed by atoms with Crippen molar-refractivity contribution in [3.05, 3.63) is 24.0 Å². The third kappa shape index (κ3) is 4.75. The maximum absolute atomic E-state index is 5.96. The fourth-order valence-corrected chi connectivity index (χ4v) is 2.83. The number of hydrogen-bond donors (Lipinski definition) is 0. The number of alkyl halides is 1. The summed E-state index contributed by atoms with van der Waals surface area (Å²) in [7, 11) is -1.46. The molecule has 0 radical (unpaired) electrons. The number of hydrogen-bond acceptors (Lipinski definition) is 1. The van der Waals surface area contributed by atoms with Gasteiger partial charge >= 0.3 is 0 Å². The summed E-state index contributed by atoms with van der Waals surface area (Å²) in [6.07, 6.45) is 9.96. The summed E-state index contributed by atoms with van der Waals surface area (Å²) in [4.78, 5) is 0. The van der Waals surface area contributed by atoms with Crippen molar-refractivity contribution in [1.29, 1.82) is 0 Å². The standard InChI is InChI=1S/C13H23ClOSi/c1-13(8-5-11-14)9-6-12(7-10-13)15-16(2,3)4/h6-7,9H,5,8,10-11H2,1-4H3. The molecule has 0 saturated carbocycles. The molecule has 92 valence electrons. The first kappa shape index (κ1) is 13.9. The van der Waals surface area contributed by atoms with Gasteiger partial charge in [0.15, 0.2) is 0 Å². The van der Waals surface area contributed by atoms with Crippen molar-refractivity contribution in [2.24, 2.45) is 5.41 Å². The fraction of sp³-hybridized carbons (Fsp3) is 0.692. The average Bonchev–Trinajstić information content (AvgIpc) is 2.17. The van der Waals surface area contributed by atoms with Gasteiger partial charge < -0.3 is 4.43 Å². The second kappa shape index (κ2) is 5.41. The lowest BCUT2D eigenvalue weighted by molar-refractivity contribution is 0.364. The zero-order valence-electron chi connectivity index (χ0n) is 10.8. The second-order valence-electron chi connectivity index (χ2n) is 5.80. The zero-order valence-corrected chi connectivity index (χ0v) is 12.6. The van der Waals surface area contributed by atoms with Crippen molar-refractivity contribution in [3.8, 4) is 0 Å². The predicted molar refractivity (Wildman–Crippen MR) is 74.3 cm³/mol. The summed E-state index contributed by atoms with van der Waals surface area (Å²) < 4.78 is 5.96. The Bertz CT molecular complexity index is 291. The predicted octanol–water partition coefficient (Wildman–Crippen LogP) is 4.71. The molecule has 1 aliphatic carbocycles. The molecule has 1 nitrogen and oxygen atoms in total. The van der Waals surface area contributed by atoms with Gasteiger partial charge in [0, 0.05) is 5.88 Å². The van der Waals surface area contributed by atoms with Gasteiger partial charge in [-0.05, 0) is 56.5 Å². The minimum atomic E-state index is -1.46. The van der Waals surface area contributed by atoms with Crippen molar-refractivity contribution >= 4 is 19.9 Å². The van der Waals surface area contributed by atoms with E-state index < -0.39 is 8.32 Å². The molecular formula is C13H23ClOSi. The van der Waals surface area contributed by atoms with Crippen molar-refractivity contribution < 1.29 is 4.43 Å². The Morgan fingerprint density at radius 2 is 2.12 bits per heavy atom. The normalized spacial score (nSPS) is 25.4. The first-order valence-electron chi connectivity index (χ1n) is 5.99. The van der Waals surface area contributed by atoms with Crippen LogP contribution in [0.3, 0.4) is 0 Å². The Kier molecular flexibility index (Phi) is 4.69. The Morgan fingerprint density at radius 3 is 2.56 bits per heavy atom. The lowest BCUT2D eigenvalue weighted by atomic mass is 9.80. The van der Waals surface area contributed by atoms with Gasteiger partial charge in [0.1, 0.15) is 0 Å². The minimum absolute atomic E-state index is 0.279. The molecule has 1 aliphatic rings. The summed E-state index contributed by atoms with van der Waals surface area (Å²) in [6.45, 7) is 8.92. The minimum Gasteiger partial charge on any atom is -0.545 e. The number of allylic oxidation sites excluding steroid dienone is 3. The number of rotatable bonds is 5. The van der Waals surface area contributed by atoms with Gasteiger partial charge in [-0.25, -0.2) is 0 Å². The van der Waals surface area contributed by atoms with Crippen LogP contribution in [0.4, 0.5) is 0 Å². The summed E-state index contributed by atoms with van der Waals surface area (Å²) in [6, 6.07) is 0. The molecule has 0 aromatic carbocycles. The highest BCUT2D eigenvalue weighted by molar-refractivity contribution is 6.70. The number of halogens is 1. The molecule has 0 heterocycles. The molecule has 0 N–H and O–H groups in total. The molecule has 0 amide bonds. The smallest absolute Gasteiger partial charge is 0.242 e. The van der Waals surface area contributed by atoms with Gasteiger partial charge in [0.25, 0.3) is 0 Å². The van der Waals surface area contributed by atoms with E-state index in [-0.39, 0.29) is 5.41 Å². The van der Waals surface area contributed by atoms with Gasteiger partial charge in [-0.3, -0.25) is 0 Å². The first-order chi connectivity index (χ1) is 7.35. The molecule has 0 bridgehead atoms. The van der Waals surface area contributed by atoms with Gasteiger partial charge in [-0.15, -0.1) is 11.6 Å². The highest BCUT2D eigenvalue weighted by Crippen LogP contribution is 2.34. The summed E-state index contributed by atoms with van der Waals surface area (Å²) in [5, 5.41) is 0. The largest absolute Gasteiger partial charge is 0.545 e. The van der Waals surface area contributed by atoms with Crippen LogP contribution in [0.15, 0.2) is 24.0 Å². The van der Waals surface area contributed by atoms with Crippen molar-refractivity contribution in [2.75, 3.05) is 5.88 Å². The van der Waals surface area contributed by atoms with Crippen LogP contribution in [0.1, 0.15) is 26.2 Å². The van der Waals surface area contributed by atoms with Crippen molar-refractivity contribution in [3.63, 3.8) is 0 Å². The van der Waals surface area contributed by atoms with E-state index in [2.05, 4.69) is 44.8 Å². The zero-order chi connectivity index (χ0) is 12.2. The molecule has 0 aromatic rings. The van der Waals surface area contributed by atoms with Crippen molar-refractivity contribution in [2.45, 2.75) is 45.8 Å². The molecule has 1 atom stereocenters. The molecule has 16 heavy (non-hydrogen) atoms. The lowest BCUT2D eigenvalue weighted by Gasteiger charge is -2.29. The maximum atomic E-state index is 5.96. The average molecular weight is 259 g/mol. The Hall–Kier alpha value is -0.213. The van der Waals surface area contributed by atoms with Gasteiger partial charge in [-0.2, -0.15) is 0 Å². The van der Waals surface area contributed by atoms with E-state index in [1.807, 2.05) is 0 Å². The van der Waals surface area contributed by atoms with Crippen LogP contribution in [0.5, 0.6) is 0 Å². The van der Waals surface area contributed by atoms with E-state index in [1.54, 1.807) is 0 Å². The van der Waals surface area contributed by atoms with E-state index in [0.717, 1.165) is 30.9 Å². The molecule has 0 fully saturated rings. The van der Waals surface area contributed by atoms with Crippen LogP contribution < -0.4 is 0 Å². The molecule has 1 rings (SSSR count). The third-order valence-corrected chi connectivity index (χ3v) is 3.84. The molecule has 3 heteroatoms. The first-order valence-corrected chi connectivity index (χ1v) is 9.93. The summed E-state index contributed by atoms with van der Waals surface area (Å²) in [5.74, 6) is 1.81. The SMILES string of the molecule is CC1(CCCCl)C=CC(O[Si](C)(C)C)=CC1. The van der Waals surface area contributed by atoms with Crippen LogP contribution in [0, 0.1) is 5.41 Å². The molecule has 0 aromatic heterocycles. The van der Waals surface area contributed by atoms with E-state index >= 15 is 0 Å². The quantitative estimate of drug-likeness (QED) is 0.513. The van der Waals surface area contributed by atoms with E-state index in [9.17, 15) is 0 Å². The van der Waals surface area contributed by atoms with Crippen LogP contribution in [0.25, 0.3) is 0 Å². The third-order valence-electron chi connectivity index (χ3n) is 2.73. The molecule has 0 saturated heterocycles. The monoisotopic (exact) mass is 258 g/mol. The molecule has 1 unspecified atom stereocenters. The van der Waals surface area contributed by atoms with Crippen LogP contribution in [0.2, 0.25) is 19.6 Å². The van der Waals surface area contributed by atoms with E-state index in [4.69, 9.17) is 16.0 Å². The van der Waals surface area contributed by atoms with E-state index in [0.29, 0.717) is 0 Å². The van der Waals surface area contributed by atoms with Crippen molar-refractivity contribution in [1.82, 2.24) is 0 Å². The fourth-order valence-electron chi connectivity index (χ4n) is 1.84. The topological polar surface area (TPSA) is 9.23 Å². The Morgan fingerprint density at radius 1 is 1.44 bits per heavy atom. The highest BCUT2D eigenvalue weighted by atomic mass is 35.5. The van der Waals surface area contributed by atoms with Gasteiger partial charge in [0.2, 0.25) is 8.32 Å². The van der Waals surface area contributed by atoms with Gasteiger partial charge in [0.05, 0.1) is 5.76 Å². The Balaban J connectivity index is 2.52. The summed E-state index contributed by atoms with van der Waals surface area (Å²) >= 11 is 5.74. The maximum Gasteiger partial charge on any atom is 0.242 e. The van der Waals surface area contributed by atoms with Crippen LogP contribution in [-0.4, -0.2) is 14.2 Å². The van der Waals surface area contributed by atoms with Crippen LogP contribution >= 0.6 is 11.6 Å². The lowest BCUT2D eigenvalue weighted by Crippen LogP contribution is -2.26. The van der Waals surface area contributed by atoms with E-state index in [1.165, 1.54) is 0 Å². The van der Waals surface area contributed by atoms with Gasteiger partial charge in [-0.1, -0.05) is 13.0 Å². The van der Waals surface area contributed by atoms with Crippen LogP contribution in [-0.2, 0) is 4.43 Å². The highest BCUT2D eigenvalue weighted by Gasteiger charge is 2.24. The second-order valence-corrected chi connectivity index (χ2v) is 10.6. The molecule has 0 spiro atoms. The summed E-state index contributed by atoms with van der Waals surface area (Å²) in [5.41, 5.74) is 0.279. The molecule has 0 aliphatic heterocycles. The molecular weight excluding hydrogens is 236 g/mol.